The van der Waals surface area contributed by atoms with Crippen molar-refractivity contribution in [1.29, 1.82) is 0 Å². The van der Waals surface area contributed by atoms with Gasteiger partial charge in [-0.05, 0) is 80.8 Å². The summed E-state index contributed by atoms with van der Waals surface area (Å²) in [6.07, 6.45) is 7.60. The van der Waals surface area contributed by atoms with Crippen molar-refractivity contribution >= 4 is 23.5 Å². The van der Waals surface area contributed by atoms with E-state index in [1.807, 2.05) is 0 Å². The van der Waals surface area contributed by atoms with Gasteiger partial charge in [0.25, 0.3) is 5.91 Å². The fourth-order valence-corrected chi connectivity index (χ4v) is 6.28. The van der Waals surface area contributed by atoms with Gasteiger partial charge in [0.1, 0.15) is 11.4 Å². The molecule has 27 heavy (non-hydrogen) atoms. The molecule has 146 valence electrons. The number of ether oxygens (including phenoxy) is 1. The van der Waals surface area contributed by atoms with Crippen LogP contribution in [0.5, 0.6) is 0 Å². The Labute approximate surface area is 163 Å². The van der Waals surface area contributed by atoms with Gasteiger partial charge in [-0.2, -0.15) is 0 Å². The molecule has 1 atom stereocenters. The molecule has 4 aliphatic rings. The van der Waals surface area contributed by atoms with E-state index < -0.39 is 18.4 Å². The van der Waals surface area contributed by atoms with E-state index in [4.69, 9.17) is 16.3 Å². The van der Waals surface area contributed by atoms with Crippen molar-refractivity contribution < 1.29 is 18.7 Å². The van der Waals surface area contributed by atoms with E-state index in [-0.39, 0.29) is 28.0 Å². The van der Waals surface area contributed by atoms with Gasteiger partial charge in [-0.1, -0.05) is 17.7 Å². The van der Waals surface area contributed by atoms with Crippen LogP contribution < -0.4 is 5.32 Å². The third-order valence-corrected chi connectivity index (χ3v) is 7.20. The zero-order chi connectivity index (χ0) is 19.2. The van der Waals surface area contributed by atoms with Gasteiger partial charge in [0.2, 0.25) is 0 Å². The smallest absolute Gasteiger partial charge is 0.343 e. The number of carbonyl (C=O) groups excluding carboxylic acids is 2. The van der Waals surface area contributed by atoms with Gasteiger partial charge in [-0.25, -0.2) is 9.18 Å². The van der Waals surface area contributed by atoms with Gasteiger partial charge >= 0.3 is 5.97 Å². The molecule has 4 saturated carbocycles. The van der Waals surface area contributed by atoms with Crippen LogP contribution in [0.25, 0.3) is 0 Å². The molecule has 0 aliphatic heterocycles. The van der Waals surface area contributed by atoms with E-state index in [2.05, 4.69) is 12.2 Å². The topological polar surface area (TPSA) is 55.4 Å². The van der Waals surface area contributed by atoms with Crippen molar-refractivity contribution in [2.24, 2.45) is 23.2 Å². The molecule has 5 rings (SSSR count). The van der Waals surface area contributed by atoms with E-state index in [0.717, 1.165) is 23.8 Å². The molecule has 1 aromatic carbocycles. The van der Waals surface area contributed by atoms with Crippen molar-refractivity contribution in [1.82, 2.24) is 5.32 Å². The number of esters is 1. The zero-order valence-electron chi connectivity index (χ0n) is 15.5. The summed E-state index contributed by atoms with van der Waals surface area (Å²) in [5.41, 5.74) is -0.149. The number of nitrogens with one attached hydrogen (secondary N) is 1. The monoisotopic (exact) mass is 393 g/mol. The lowest BCUT2D eigenvalue weighted by molar-refractivity contribution is -0.128. The highest BCUT2D eigenvalue weighted by atomic mass is 35.5. The second-order valence-electron chi connectivity index (χ2n) is 8.74. The van der Waals surface area contributed by atoms with Gasteiger partial charge in [-0.15, -0.1) is 0 Å². The van der Waals surface area contributed by atoms with Crippen LogP contribution in [-0.4, -0.2) is 24.5 Å². The van der Waals surface area contributed by atoms with E-state index in [9.17, 15) is 14.0 Å². The third-order valence-electron chi connectivity index (χ3n) is 6.88. The number of benzene rings is 1. The largest absolute Gasteiger partial charge is 0.452 e. The SMILES string of the molecule is C[C@H](NC(=O)COC(=O)c1c(F)cccc1Cl)C12CC3CC(CC(C3)C1)C2. The fraction of sp³-hybridized carbons (Fsp3) is 0.619. The highest BCUT2D eigenvalue weighted by Gasteiger charge is 2.53. The minimum Gasteiger partial charge on any atom is -0.452 e. The minimum absolute atomic E-state index is 0.0256. The van der Waals surface area contributed by atoms with Gasteiger partial charge < -0.3 is 10.1 Å². The predicted octanol–water partition coefficient (Wildman–Crippen LogP) is 4.36. The number of rotatable bonds is 5. The minimum atomic E-state index is -0.921. The summed E-state index contributed by atoms with van der Waals surface area (Å²) < 4.78 is 18.8. The molecule has 4 nitrogen and oxygen atoms in total. The summed E-state index contributed by atoms with van der Waals surface area (Å²) >= 11 is 5.86. The normalized spacial score (nSPS) is 32.2. The second kappa shape index (κ2) is 7.08. The Balaban J connectivity index is 1.34. The van der Waals surface area contributed by atoms with Gasteiger partial charge in [-0.3, -0.25) is 4.79 Å². The highest BCUT2D eigenvalue weighted by Crippen LogP contribution is 2.61. The first-order chi connectivity index (χ1) is 12.9. The number of carbonyl (C=O) groups is 2. The summed E-state index contributed by atoms with van der Waals surface area (Å²) in [6.45, 7) is 1.64. The number of hydrogen-bond donors (Lipinski definition) is 1. The van der Waals surface area contributed by atoms with Crippen LogP contribution >= 0.6 is 11.6 Å². The molecule has 6 heteroatoms. The molecule has 1 amide bonds. The lowest BCUT2D eigenvalue weighted by atomic mass is 9.48. The van der Waals surface area contributed by atoms with Crippen LogP contribution in [0.1, 0.15) is 55.8 Å². The van der Waals surface area contributed by atoms with Crippen LogP contribution in [0.4, 0.5) is 4.39 Å². The van der Waals surface area contributed by atoms with Gasteiger partial charge in [0, 0.05) is 6.04 Å². The molecule has 4 fully saturated rings. The van der Waals surface area contributed by atoms with E-state index in [1.54, 1.807) is 0 Å². The highest BCUT2D eigenvalue weighted by molar-refractivity contribution is 6.33. The lowest BCUT2D eigenvalue weighted by Crippen LogP contribution is -2.56. The molecular formula is C21H25ClFNO3. The van der Waals surface area contributed by atoms with Crippen LogP contribution in [0.3, 0.4) is 0 Å². The van der Waals surface area contributed by atoms with E-state index >= 15 is 0 Å². The van der Waals surface area contributed by atoms with Gasteiger partial charge in [0.05, 0.1) is 5.02 Å². The Morgan fingerprint density at radius 1 is 1.22 bits per heavy atom. The maximum absolute atomic E-state index is 13.8. The summed E-state index contributed by atoms with van der Waals surface area (Å²) in [4.78, 5) is 24.4. The van der Waals surface area contributed by atoms with Crippen LogP contribution in [0.15, 0.2) is 18.2 Å². The van der Waals surface area contributed by atoms with Crippen molar-refractivity contribution in [2.45, 2.75) is 51.5 Å². The summed E-state index contributed by atoms with van der Waals surface area (Å²) in [5, 5.41) is 3.00. The molecular weight excluding hydrogens is 369 g/mol. The summed E-state index contributed by atoms with van der Waals surface area (Å²) in [6, 6.07) is 4.01. The first-order valence-corrected chi connectivity index (χ1v) is 10.1. The summed E-state index contributed by atoms with van der Waals surface area (Å²) in [7, 11) is 0. The number of amides is 1. The first-order valence-electron chi connectivity index (χ1n) is 9.77. The molecule has 0 heterocycles. The molecule has 4 bridgehead atoms. The summed E-state index contributed by atoms with van der Waals surface area (Å²) in [5.74, 6) is 0.384. The molecule has 0 radical (unpaired) electrons. The van der Waals surface area contributed by atoms with Crippen LogP contribution in [0, 0.1) is 29.0 Å². The molecule has 0 unspecified atom stereocenters. The molecule has 0 spiro atoms. The second-order valence-corrected chi connectivity index (χ2v) is 9.15. The Morgan fingerprint density at radius 2 is 1.81 bits per heavy atom. The molecule has 1 N–H and O–H groups in total. The average molecular weight is 394 g/mol. The molecule has 4 aliphatic carbocycles. The Hall–Kier alpha value is -1.62. The standard InChI is InChI=1S/C21H25ClFNO3/c1-12(21-8-13-5-14(9-21)7-15(6-13)10-21)24-18(25)11-27-20(26)19-16(22)3-2-4-17(19)23/h2-4,12-15H,5-11H2,1H3,(H,24,25)/t12-,13?,14?,15?,21?/m0/s1. The van der Waals surface area contributed by atoms with Crippen molar-refractivity contribution in [3.63, 3.8) is 0 Å². The van der Waals surface area contributed by atoms with E-state index in [0.29, 0.717) is 0 Å². The van der Waals surface area contributed by atoms with Crippen molar-refractivity contribution in [2.75, 3.05) is 6.61 Å². The molecule has 0 aromatic heterocycles. The third kappa shape index (κ3) is 3.58. The number of hydrogen-bond acceptors (Lipinski definition) is 3. The van der Waals surface area contributed by atoms with Gasteiger partial charge in [0.15, 0.2) is 6.61 Å². The van der Waals surface area contributed by atoms with E-state index in [1.165, 1.54) is 50.7 Å². The zero-order valence-corrected chi connectivity index (χ0v) is 16.2. The van der Waals surface area contributed by atoms with Crippen LogP contribution in [0.2, 0.25) is 5.02 Å². The predicted molar refractivity (Wildman–Crippen MR) is 99.9 cm³/mol. The maximum atomic E-state index is 13.8. The quantitative estimate of drug-likeness (QED) is 0.756. The Bertz CT molecular complexity index is 710. The lowest BCUT2D eigenvalue weighted by Gasteiger charge is -2.59. The van der Waals surface area contributed by atoms with Crippen LogP contribution in [-0.2, 0) is 9.53 Å². The Morgan fingerprint density at radius 3 is 2.37 bits per heavy atom. The fourth-order valence-electron chi connectivity index (χ4n) is 6.04. The first kappa shape index (κ1) is 18.7. The Kier molecular flexibility index (Phi) is 4.91. The van der Waals surface area contributed by atoms with Crippen molar-refractivity contribution in [3.05, 3.63) is 34.6 Å². The average Bonchev–Trinajstić information content (AvgIpc) is 2.58. The molecule has 0 saturated heterocycles. The van der Waals surface area contributed by atoms with Crippen molar-refractivity contribution in [3.8, 4) is 0 Å². The molecule has 1 aromatic rings. The number of halogens is 2. The maximum Gasteiger partial charge on any atom is 0.343 e.